The van der Waals surface area contributed by atoms with Gasteiger partial charge in [-0.15, -0.1) is 0 Å². The number of anilines is 1. The summed E-state index contributed by atoms with van der Waals surface area (Å²) in [4.78, 5) is 23.3. The van der Waals surface area contributed by atoms with Crippen LogP contribution in [-0.4, -0.2) is 21.0 Å². The monoisotopic (exact) mass is 350 g/mol. The predicted octanol–water partition coefficient (Wildman–Crippen LogP) is 3.50. The van der Waals surface area contributed by atoms with Gasteiger partial charge in [0.1, 0.15) is 17.5 Å². The van der Waals surface area contributed by atoms with E-state index in [1.165, 1.54) is 18.2 Å². The van der Waals surface area contributed by atoms with Crippen molar-refractivity contribution in [1.29, 1.82) is 0 Å². The van der Waals surface area contributed by atoms with Gasteiger partial charge >= 0.3 is 0 Å². The van der Waals surface area contributed by atoms with E-state index in [-0.39, 0.29) is 11.4 Å². The van der Waals surface area contributed by atoms with Crippen LogP contribution in [0.4, 0.5) is 10.2 Å². The van der Waals surface area contributed by atoms with E-state index in [0.29, 0.717) is 24.2 Å². The molecule has 2 heterocycles. The van der Waals surface area contributed by atoms with E-state index in [1.54, 1.807) is 6.20 Å². The Morgan fingerprint density at radius 3 is 2.73 bits per heavy atom. The molecular formula is C20H19FN4O. The number of H-pyrrole nitrogens is 1. The summed E-state index contributed by atoms with van der Waals surface area (Å²) < 4.78 is 13.0. The van der Waals surface area contributed by atoms with Crippen LogP contribution in [0.5, 0.6) is 0 Å². The van der Waals surface area contributed by atoms with Crippen molar-refractivity contribution in [1.82, 2.24) is 15.0 Å². The first-order valence-electron chi connectivity index (χ1n) is 8.71. The smallest absolute Gasteiger partial charge is 0.251 e. The molecule has 3 aromatic rings. The normalized spacial score (nSPS) is 18.5. The van der Waals surface area contributed by atoms with Crippen molar-refractivity contribution in [2.45, 2.75) is 31.7 Å². The molecule has 2 aromatic heterocycles. The van der Waals surface area contributed by atoms with Gasteiger partial charge in [0.05, 0.1) is 0 Å². The highest BCUT2D eigenvalue weighted by molar-refractivity contribution is 5.56. The minimum absolute atomic E-state index is 0.158. The minimum atomic E-state index is -0.213. The number of aryl methyl sites for hydroxylation is 1. The van der Waals surface area contributed by atoms with Crippen LogP contribution < -0.4 is 10.9 Å². The molecule has 5 nitrogen and oxygen atoms in total. The molecule has 0 saturated heterocycles. The van der Waals surface area contributed by atoms with Crippen LogP contribution in [-0.2, 0) is 6.42 Å². The van der Waals surface area contributed by atoms with Gasteiger partial charge in [0.2, 0.25) is 0 Å². The molecule has 1 fully saturated rings. The summed E-state index contributed by atoms with van der Waals surface area (Å²) in [5.41, 5.74) is 2.51. The Labute approximate surface area is 150 Å². The van der Waals surface area contributed by atoms with E-state index in [2.05, 4.69) is 20.3 Å². The first-order valence-corrected chi connectivity index (χ1v) is 8.71. The van der Waals surface area contributed by atoms with Crippen molar-refractivity contribution in [3.8, 4) is 11.4 Å². The lowest BCUT2D eigenvalue weighted by Crippen LogP contribution is -2.10. The molecule has 1 aromatic carbocycles. The first kappa shape index (κ1) is 16.4. The Bertz CT molecular complexity index is 966. The van der Waals surface area contributed by atoms with Crippen LogP contribution in [0, 0.1) is 5.82 Å². The lowest BCUT2D eigenvalue weighted by molar-refractivity contribution is 0.627. The number of rotatable bonds is 5. The van der Waals surface area contributed by atoms with E-state index in [4.69, 9.17) is 0 Å². The predicted molar refractivity (Wildman–Crippen MR) is 98.6 cm³/mol. The van der Waals surface area contributed by atoms with Gasteiger partial charge in [-0.25, -0.2) is 14.4 Å². The summed E-state index contributed by atoms with van der Waals surface area (Å²) in [5.74, 6) is 1.48. The fraction of sp³-hybridized carbons (Fsp3) is 0.250. The van der Waals surface area contributed by atoms with E-state index in [0.717, 1.165) is 29.1 Å². The molecule has 6 heteroatoms. The number of aromatic amines is 1. The fourth-order valence-electron chi connectivity index (χ4n) is 3.07. The standard InChI is InChI=1S/C20H19FN4O/c1-2-15-9-19(26)25-20(23-15)13-5-8-18(22-11-13)24-17-10-16(17)12-3-6-14(21)7-4-12/h3-9,11,16-17H,2,10H2,1H3,(H,22,24)(H,23,25,26)/t16-,17+/m0/s1. The average Bonchev–Trinajstić information content (AvgIpc) is 3.41. The van der Waals surface area contributed by atoms with E-state index < -0.39 is 0 Å². The van der Waals surface area contributed by atoms with E-state index in [9.17, 15) is 9.18 Å². The number of halogens is 1. The van der Waals surface area contributed by atoms with Gasteiger partial charge in [0.15, 0.2) is 0 Å². The maximum atomic E-state index is 13.0. The number of benzene rings is 1. The molecule has 0 unspecified atom stereocenters. The molecule has 0 radical (unpaired) electrons. The highest BCUT2D eigenvalue weighted by Crippen LogP contribution is 2.42. The molecule has 0 spiro atoms. The number of nitrogens with zero attached hydrogens (tertiary/aromatic N) is 2. The zero-order valence-electron chi connectivity index (χ0n) is 14.4. The molecule has 1 saturated carbocycles. The van der Waals surface area contributed by atoms with Gasteiger partial charge in [0.25, 0.3) is 5.56 Å². The highest BCUT2D eigenvalue weighted by Gasteiger charge is 2.38. The van der Waals surface area contributed by atoms with Crippen molar-refractivity contribution >= 4 is 5.82 Å². The Balaban J connectivity index is 1.45. The minimum Gasteiger partial charge on any atom is -0.367 e. The lowest BCUT2D eigenvalue weighted by atomic mass is 10.1. The second-order valence-electron chi connectivity index (χ2n) is 6.52. The number of pyridine rings is 1. The van der Waals surface area contributed by atoms with Crippen molar-refractivity contribution in [2.24, 2.45) is 0 Å². The van der Waals surface area contributed by atoms with Gasteiger partial charge in [-0.05, 0) is 42.7 Å². The quantitative estimate of drug-likeness (QED) is 0.739. The van der Waals surface area contributed by atoms with Crippen molar-refractivity contribution in [2.75, 3.05) is 5.32 Å². The van der Waals surface area contributed by atoms with E-state index in [1.807, 2.05) is 31.2 Å². The Hall–Kier alpha value is -3.02. The highest BCUT2D eigenvalue weighted by atomic mass is 19.1. The molecule has 1 aliphatic carbocycles. The SMILES string of the molecule is CCc1cc(=O)[nH]c(-c2ccc(N[C@@H]3C[C@H]3c3ccc(F)cc3)nc2)n1. The summed E-state index contributed by atoms with van der Waals surface area (Å²) >= 11 is 0. The Morgan fingerprint density at radius 2 is 2.04 bits per heavy atom. The Morgan fingerprint density at radius 1 is 1.23 bits per heavy atom. The van der Waals surface area contributed by atoms with Crippen molar-refractivity contribution in [3.63, 3.8) is 0 Å². The van der Waals surface area contributed by atoms with Gasteiger partial charge in [-0.1, -0.05) is 19.1 Å². The van der Waals surface area contributed by atoms with Gasteiger partial charge in [-0.2, -0.15) is 0 Å². The molecular weight excluding hydrogens is 331 g/mol. The van der Waals surface area contributed by atoms with E-state index >= 15 is 0 Å². The van der Waals surface area contributed by atoms with Gasteiger partial charge in [-0.3, -0.25) is 4.79 Å². The maximum Gasteiger partial charge on any atom is 0.251 e. The number of nitrogens with one attached hydrogen (secondary N) is 2. The third kappa shape index (κ3) is 3.49. The molecule has 0 aliphatic heterocycles. The second-order valence-corrected chi connectivity index (χ2v) is 6.52. The third-order valence-corrected chi connectivity index (χ3v) is 4.62. The molecule has 0 amide bonds. The molecule has 1 aliphatic rings. The van der Waals surface area contributed by atoms with Crippen LogP contribution in [0.2, 0.25) is 0 Å². The first-order chi connectivity index (χ1) is 12.6. The maximum absolute atomic E-state index is 13.0. The largest absolute Gasteiger partial charge is 0.367 e. The topological polar surface area (TPSA) is 70.7 Å². The van der Waals surface area contributed by atoms with Crippen molar-refractivity contribution < 1.29 is 4.39 Å². The number of aromatic nitrogens is 3. The van der Waals surface area contributed by atoms with Crippen LogP contribution >= 0.6 is 0 Å². The summed E-state index contributed by atoms with van der Waals surface area (Å²) in [6.07, 6.45) is 3.41. The summed E-state index contributed by atoms with van der Waals surface area (Å²) in [6, 6.07) is 12.2. The summed E-state index contributed by atoms with van der Waals surface area (Å²) in [7, 11) is 0. The van der Waals surface area contributed by atoms with Crippen LogP contribution in [0.15, 0.2) is 53.5 Å². The van der Waals surface area contributed by atoms with Crippen LogP contribution in [0.1, 0.15) is 30.5 Å². The van der Waals surface area contributed by atoms with Gasteiger partial charge < -0.3 is 10.3 Å². The van der Waals surface area contributed by atoms with Crippen molar-refractivity contribution in [3.05, 3.63) is 76.1 Å². The molecule has 2 atom stereocenters. The van der Waals surface area contributed by atoms with Crippen LogP contribution in [0.25, 0.3) is 11.4 Å². The lowest BCUT2D eigenvalue weighted by Gasteiger charge is -2.07. The molecule has 26 heavy (non-hydrogen) atoms. The Kier molecular flexibility index (Phi) is 4.24. The molecule has 0 bridgehead atoms. The molecule has 132 valence electrons. The van der Waals surface area contributed by atoms with Gasteiger partial charge in [0, 0.05) is 35.5 Å². The number of hydrogen-bond acceptors (Lipinski definition) is 4. The second kappa shape index (κ2) is 6.71. The average molecular weight is 350 g/mol. The summed E-state index contributed by atoms with van der Waals surface area (Å²) in [6.45, 7) is 1.96. The zero-order valence-corrected chi connectivity index (χ0v) is 14.4. The zero-order chi connectivity index (χ0) is 18.1. The molecule has 4 rings (SSSR count). The van der Waals surface area contributed by atoms with Crippen LogP contribution in [0.3, 0.4) is 0 Å². The summed E-state index contributed by atoms with van der Waals surface area (Å²) in [5, 5.41) is 3.39. The number of hydrogen-bond donors (Lipinski definition) is 2. The fourth-order valence-corrected chi connectivity index (χ4v) is 3.07. The molecule has 2 N–H and O–H groups in total. The third-order valence-electron chi connectivity index (χ3n) is 4.62.